The quantitative estimate of drug-likeness (QED) is 0.895. The van der Waals surface area contributed by atoms with Crippen LogP contribution in [0.4, 0.5) is 18.9 Å². The average molecular weight is 272 g/mol. The molecule has 0 radical (unpaired) electrons. The summed E-state index contributed by atoms with van der Waals surface area (Å²) in [4.78, 5) is 1.82. The molecule has 1 aliphatic rings. The van der Waals surface area contributed by atoms with Crippen molar-refractivity contribution >= 4 is 5.69 Å². The van der Waals surface area contributed by atoms with Crippen LogP contribution in [0, 0.1) is 5.92 Å². The summed E-state index contributed by atoms with van der Waals surface area (Å²) >= 11 is 0. The Morgan fingerprint density at radius 1 is 1.32 bits per heavy atom. The van der Waals surface area contributed by atoms with Crippen LogP contribution in [0.25, 0.3) is 0 Å². The van der Waals surface area contributed by atoms with Crippen molar-refractivity contribution < 1.29 is 13.2 Å². The number of piperidine rings is 1. The minimum atomic E-state index is -4.31. The molecular formula is C14H19F3N2. The first-order valence-corrected chi connectivity index (χ1v) is 6.56. The summed E-state index contributed by atoms with van der Waals surface area (Å²) in [6, 6.07) is 5.79. The van der Waals surface area contributed by atoms with E-state index < -0.39 is 11.7 Å². The Kier molecular flexibility index (Phi) is 4.04. The standard InChI is InChI=1S/C14H19F3N2/c1-10(18)11-5-4-8-19(9-11)13-7-3-2-6-12(13)14(15,16)17/h2-3,6-7,10-11H,4-5,8-9,18H2,1H3. The molecule has 0 bridgehead atoms. The van der Waals surface area contributed by atoms with E-state index in [0.717, 1.165) is 18.9 Å². The van der Waals surface area contributed by atoms with Gasteiger partial charge < -0.3 is 10.6 Å². The largest absolute Gasteiger partial charge is 0.418 e. The zero-order valence-corrected chi connectivity index (χ0v) is 11.0. The van der Waals surface area contributed by atoms with Crippen molar-refractivity contribution in [3.05, 3.63) is 29.8 Å². The fraction of sp³-hybridized carbons (Fsp3) is 0.571. The first kappa shape index (κ1) is 14.2. The van der Waals surface area contributed by atoms with Crippen molar-refractivity contribution in [2.24, 2.45) is 11.7 Å². The first-order chi connectivity index (χ1) is 8.89. The fourth-order valence-electron chi connectivity index (χ4n) is 2.65. The SMILES string of the molecule is CC(N)C1CCCN(c2ccccc2C(F)(F)F)C1. The molecule has 106 valence electrons. The molecule has 2 N–H and O–H groups in total. The molecule has 1 heterocycles. The molecule has 0 aliphatic carbocycles. The molecule has 1 aromatic rings. The van der Waals surface area contributed by atoms with Gasteiger partial charge in [-0.2, -0.15) is 13.2 Å². The highest BCUT2D eigenvalue weighted by molar-refractivity contribution is 5.55. The van der Waals surface area contributed by atoms with Gasteiger partial charge in [-0.1, -0.05) is 12.1 Å². The third-order valence-corrected chi connectivity index (χ3v) is 3.75. The van der Waals surface area contributed by atoms with E-state index in [1.54, 1.807) is 12.1 Å². The molecule has 1 aromatic carbocycles. The Labute approximate surface area is 111 Å². The highest BCUT2D eigenvalue weighted by Crippen LogP contribution is 2.37. The van der Waals surface area contributed by atoms with Crippen LogP contribution in [-0.4, -0.2) is 19.1 Å². The summed E-state index contributed by atoms with van der Waals surface area (Å²) in [5.74, 6) is 0.259. The van der Waals surface area contributed by atoms with Gasteiger partial charge in [0, 0.05) is 24.8 Å². The van der Waals surface area contributed by atoms with Crippen molar-refractivity contribution in [2.45, 2.75) is 32.0 Å². The third-order valence-electron chi connectivity index (χ3n) is 3.75. The molecule has 2 unspecified atom stereocenters. The summed E-state index contributed by atoms with van der Waals surface area (Å²) in [7, 11) is 0. The first-order valence-electron chi connectivity index (χ1n) is 6.56. The number of hydrogen-bond donors (Lipinski definition) is 1. The number of halogens is 3. The molecule has 2 rings (SSSR count). The van der Waals surface area contributed by atoms with E-state index in [4.69, 9.17) is 5.73 Å². The Hall–Kier alpha value is -1.23. The van der Waals surface area contributed by atoms with E-state index >= 15 is 0 Å². The topological polar surface area (TPSA) is 29.3 Å². The van der Waals surface area contributed by atoms with Gasteiger partial charge in [0.05, 0.1) is 5.56 Å². The zero-order valence-electron chi connectivity index (χ0n) is 11.0. The summed E-state index contributed by atoms with van der Waals surface area (Å²) < 4.78 is 39.0. The Balaban J connectivity index is 2.27. The van der Waals surface area contributed by atoms with Gasteiger partial charge in [0.15, 0.2) is 0 Å². The molecule has 1 saturated heterocycles. The predicted octanol–water partition coefficient (Wildman–Crippen LogP) is 3.27. The molecule has 2 nitrogen and oxygen atoms in total. The van der Waals surface area contributed by atoms with Crippen molar-refractivity contribution in [1.82, 2.24) is 0 Å². The number of rotatable bonds is 2. The lowest BCUT2D eigenvalue weighted by Gasteiger charge is -2.37. The van der Waals surface area contributed by atoms with Crippen LogP contribution in [0.3, 0.4) is 0 Å². The molecule has 1 aliphatic heterocycles. The van der Waals surface area contributed by atoms with Gasteiger partial charge in [-0.3, -0.25) is 0 Å². The molecule has 0 amide bonds. The number of benzene rings is 1. The molecule has 5 heteroatoms. The summed E-state index contributed by atoms with van der Waals surface area (Å²) in [5, 5.41) is 0. The summed E-state index contributed by atoms with van der Waals surface area (Å²) in [6.07, 6.45) is -2.43. The van der Waals surface area contributed by atoms with E-state index in [1.165, 1.54) is 6.07 Å². The van der Waals surface area contributed by atoms with E-state index in [-0.39, 0.29) is 17.6 Å². The molecule has 2 atom stereocenters. The van der Waals surface area contributed by atoms with Crippen LogP contribution < -0.4 is 10.6 Å². The molecule has 0 spiro atoms. The Morgan fingerprint density at radius 2 is 2.00 bits per heavy atom. The normalized spacial score (nSPS) is 22.4. The van der Waals surface area contributed by atoms with Gasteiger partial charge in [-0.05, 0) is 37.8 Å². The predicted molar refractivity (Wildman–Crippen MR) is 70.0 cm³/mol. The maximum Gasteiger partial charge on any atom is 0.418 e. The monoisotopic (exact) mass is 272 g/mol. The molecular weight excluding hydrogens is 253 g/mol. The van der Waals surface area contributed by atoms with Crippen LogP contribution in [0.1, 0.15) is 25.3 Å². The van der Waals surface area contributed by atoms with Crippen LogP contribution >= 0.6 is 0 Å². The summed E-state index contributed by atoms with van der Waals surface area (Å²) in [6.45, 7) is 3.19. The molecule has 0 saturated carbocycles. The highest BCUT2D eigenvalue weighted by Gasteiger charge is 2.35. The maximum absolute atomic E-state index is 13.0. The second-order valence-electron chi connectivity index (χ2n) is 5.22. The minimum absolute atomic E-state index is 0.0147. The highest BCUT2D eigenvalue weighted by atomic mass is 19.4. The third kappa shape index (κ3) is 3.21. The van der Waals surface area contributed by atoms with E-state index in [9.17, 15) is 13.2 Å². The van der Waals surface area contributed by atoms with Crippen LogP contribution in [0.5, 0.6) is 0 Å². The minimum Gasteiger partial charge on any atom is -0.371 e. The zero-order chi connectivity index (χ0) is 14.0. The van der Waals surface area contributed by atoms with Gasteiger partial charge >= 0.3 is 6.18 Å². The molecule has 0 aromatic heterocycles. The fourth-order valence-corrected chi connectivity index (χ4v) is 2.65. The summed E-state index contributed by atoms with van der Waals surface area (Å²) in [5.41, 5.74) is 5.61. The van der Waals surface area contributed by atoms with Crippen molar-refractivity contribution in [1.29, 1.82) is 0 Å². The maximum atomic E-state index is 13.0. The number of hydrogen-bond acceptors (Lipinski definition) is 2. The number of nitrogens with two attached hydrogens (primary N) is 1. The number of para-hydroxylation sites is 1. The number of alkyl halides is 3. The van der Waals surface area contributed by atoms with Crippen LogP contribution in [0.15, 0.2) is 24.3 Å². The van der Waals surface area contributed by atoms with Gasteiger partial charge in [-0.15, -0.1) is 0 Å². The number of anilines is 1. The Bertz CT molecular complexity index is 429. The van der Waals surface area contributed by atoms with E-state index in [0.29, 0.717) is 13.1 Å². The Morgan fingerprint density at radius 3 is 2.63 bits per heavy atom. The van der Waals surface area contributed by atoms with E-state index in [2.05, 4.69) is 0 Å². The van der Waals surface area contributed by atoms with Crippen molar-refractivity contribution in [3.63, 3.8) is 0 Å². The van der Waals surface area contributed by atoms with Gasteiger partial charge in [0.2, 0.25) is 0 Å². The number of nitrogens with zero attached hydrogens (tertiary/aromatic N) is 1. The molecule has 19 heavy (non-hydrogen) atoms. The van der Waals surface area contributed by atoms with Crippen molar-refractivity contribution in [2.75, 3.05) is 18.0 Å². The lowest BCUT2D eigenvalue weighted by molar-refractivity contribution is -0.137. The van der Waals surface area contributed by atoms with Gasteiger partial charge in [0.1, 0.15) is 0 Å². The second-order valence-corrected chi connectivity index (χ2v) is 5.22. The van der Waals surface area contributed by atoms with E-state index in [1.807, 2.05) is 11.8 Å². The van der Waals surface area contributed by atoms with Crippen LogP contribution in [-0.2, 0) is 6.18 Å². The van der Waals surface area contributed by atoms with Crippen molar-refractivity contribution in [3.8, 4) is 0 Å². The van der Waals surface area contributed by atoms with Crippen LogP contribution in [0.2, 0.25) is 0 Å². The van der Waals surface area contributed by atoms with Gasteiger partial charge in [0.25, 0.3) is 0 Å². The second kappa shape index (κ2) is 5.41. The lowest BCUT2D eigenvalue weighted by atomic mass is 9.91. The lowest BCUT2D eigenvalue weighted by Crippen LogP contribution is -2.43. The van der Waals surface area contributed by atoms with Gasteiger partial charge in [-0.25, -0.2) is 0 Å². The smallest absolute Gasteiger partial charge is 0.371 e. The molecule has 1 fully saturated rings. The average Bonchev–Trinajstić information content (AvgIpc) is 2.38.